The van der Waals surface area contributed by atoms with Crippen LogP contribution < -0.4 is 10.4 Å². The molecule has 0 heterocycles. The second kappa shape index (κ2) is 9.14. The summed E-state index contributed by atoms with van der Waals surface area (Å²) in [6.07, 6.45) is -0.715. The van der Waals surface area contributed by atoms with Gasteiger partial charge in [0, 0.05) is 6.07 Å². The highest BCUT2D eigenvalue weighted by Crippen LogP contribution is 2.38. The molecule has 1 N–H and O–H groups in total. The van der Waals surface area contributed by atoms with Crippen LogP contribution in [0, 0.1) is 10.1 Å². The lowest BCUT2D eigenvalue weighted by Gasteiger charge is -2.43. The molecule has 0 aliphatic carbocycles. The van der Waals surface area contributed by atoms with Gasteiger partial charge in [-0.3, -0.25) is 10.1 Å². The fourth-order valence-electron chi connectivity index (χ4n) is 4.11. The molecule has 31 heavy (non-hydrogen) atoms. The van der Waals surface area contributed by atoms with Gasteiger partial charge in [-0.05, 0) is 40.0 Å². The van der Waals surface area contributed by atoms with Crippen LogP contribution in [0.3, 0.4) is 0 Å². The van der Waals surface area contributed by atoms with Crippen molar-refractivity contribution in [1.82, 2.24) is 0 Å². The first-order valence-corrected chi connectivity index (χ1v) is 12.3. The van der Waals surface area contributed by atoms with E-state index in [1.165, 1.54) is 6.07 Å². The minimum Gasteiger partial charge on any atom is -0.403 e. The summed E-state index contributed by atoms with van der Waals surface area (Å²) < 4.78 is 6.83. The van der Waals surface area contributed by atoms with Gasteiger partial charge < -0.3 is 9.53 Å². The van der Waals surface area contributed by atoms with Crippen molar-refractivity contribution in [3.05, 3.63) is 100 Å². The van der Waals surface area contributed by atoms with Crippen molar-refractivity contribution in [2.24, 2.45) is 0 Å². The monoisotopic (exact) mass is 435 g/mol. The third kappa shape index (κ3) is 4.61. The number of hydrogen-bond acceptors (Lipinski definition) is 4. The summed E-state index contributed by atoms with van der Waals surface area (Å²) in [7, 11) is -2.82. The van der Waals surface area contributed by atoms with Crippen molar-refractivity contribution in [3.8, 4) is 0 Å². The van der Waals surface area contributed by atoms with Crippen LogP contribution in [-0.4, -0.2) is 18.3 Å². The molecule has 162 valence electrons. The Kier molecular flexibility index (Phi) is 6.74. The van der Waals surface area contributed by atoms with Gasteiger partial charge in [-0.1, -0.05) is 81.4 Å². The molecule has 0 aromatic heterocycles. The highest BCUT2D eigenvalue weighted by molar-refractivity contribution is 6.99. The van der Waals surface area contributed by atoms with Crippen LogP contribution in [-0.2, 0) is 11.0 Å². The average molecular weight is 436 g/mol. The summed E-state index contributed by atoms with van der Waals surface area (Å²) in [6.45, 7) is 8.23. The molecule has 3 aromatic rings. The molecule has 6 heteroatoms. The fraction of sp³-hybridized carbons (Fsp3) is 0.280. The maximum absolute atomic E-state index is 11.7. The smallest absolute Gasteiger partial charge is 0.274 e. The number of rotatable bonds is 7. The van der Waals surface area contributed by atoms with Gasteiger partial charge in [0.2, 0.25) is 0 Å². The van der Waals surface area contributed by atoms with Gasteiger partial charge in [-0.2, -0.15) is 0 Å². The second-order valence-electron chi connectivity index (χ2n) is 8.77. The Morgan fingerprint density at radius 1 is 0.968 bits per heavy atom. The van der Waals surface area contributed by atoms with Crippen LogP contribution in [0.15, 0.2) is 78.9 Å². The number of aliphatic hydroxyl groups is 1. The number of nitro groups is 1. The van der Waals surface area contributed by atoms with E-state index >= 15 is 0 Å². The fourth-order valence-corrected chi connectivity index (χ4v) is 8.63. The van der Waals surface area contributed by atoms with Gasteiger partial charge in [-0.15, -0.1) is 0 Å². The first-order valence-electron chi connectivity index (χ1n) is 10.4. The third-order valence-corrected chi connectivity index (χ3v) is 10.6. The Morgan fingerprint density at radius 2 is 1.48 bits per heavy atom. The van der Waals surface area contributed by atoms with Crippen LogP contribution in [0.5, 0.6) is 0 Å². The molecule has 0 fully saturated rings. The molecule has 3 aromatic carbocycles. The summed E-state index contributed by atoms with van der Waals surface area (Å²) in [5.41, 5.74) is 1.10. The molecule has 1 atom stereocenters. The molecular formula is C25H29NO4Si. The van der Waals surface area contributed by atoms with E-state index in [0.29, 0.717) is 11.1 Å². The predicted octanol–water partition coefficient (Wildman–Crippen LogP) is 4.72. The second-order valence-corrected chi connectivity index (χ2v) is 13.1. The van der Waals surface area contributed by atoms with E-state index in [4.69, 9.17) is 4.43 Å². The van der Waals surface area contributed by atoms with E-state index < -0.39 is 19.3 Å². The molecular weight excluding hydrogens is 406 g/mol. The van der Waals surface area contributed by atoms with Crippen molar-refractivity contribution in [2.75, 3.05) is 0 Å². The molecule has 0 saturated heterocycles. The summed E-state index contributed by atoms with van der Waals surface area (Å²) in [4.78, 5) is 11.3. The maximum Gasteiger partial charge on any atom is 0.274 e. The van der Waals surface area contributed by atoms with Crippen molar-refractivity contribution in [3.63, 3.8) is 0 Å². The normalized spacial score (nSPS) is 13.1. The molecule has 0 saturated carbocycles. The molecule has 0 radical (unpaired) electrons. The SMILES string of the molecule is C[C@H](O)c1ccc([N+](=O)[O-])c(CO[Si](c2ccccc2)(c2ccccc2)C(C)(C)C)c1. The van der Waals surface area contributed by atoms with Gasteiger partial charge >= 0.3 is 0 Å². The van der Waals surface area contributed by atoms with E-state index in [1.54, 1.807) is 19.1 Å². The Balaban J connectivity index is 2.15. The maximum atomic E-state index is 11.7. The van der Waals surface area contributed by atoms with Crippen LogP contribution in [0.1, 0.15) is 44.9 Å². The van der Waals surface area contributed by atoms with Crippen LogP contribution in [0.25, 0.3) is 0 Å². The van der Waals surface area contributed by atoms with E-state index in [-0.39, 0.29) is 17.3 Å². The van der Waals surface area contributed by atoms with Crippen molar-refractivity contribution in [1.29, 1.82) is 0 Å². The Morgan fingerprint density at radius 3 is 1.90 bits per heavy atom. The minimum atomic E-state index is -2.82. The van der Waals surface area contributed by atoms with E-state index in [1.807, 2.05) is 36.4 Å². The summed E-state index contributed by atoms with van der Waals surface area (Å²) in [5, 5.41) is 23.7. The van der Waals surface area contributed by atoms with Crippen LogP contribution in [0.2, 0.25) is 5.04 Å². The van der Waals surface area contributed by atoms with Crippen molar-refractivity contribution < 1.29 is 14.5 Å². The van der Waals surface area contributed by atoms with Crippen molar-refractivity contribution >= 4 is 24.4 Å². The third-order valence-electron chi connectivity index (χ3n) is 5.64. The van der Waals surface area contributed by atoms with Gasteiger partial charge in [0.25, 0.3) is 14.0 Å². The molecule has 0 bridgehead atoms. The number of nitro benzene ring substituents is 1. The molecule has 5 nitrogen and oxygen atoms in total. The molecule has 3 rings (SSSR count). The topological polar surface area (TPSA) is 72.6 Å². The Hall–Kier alpha value is -2.80. The predicted molar refractivity (Wildman–Crippen MR) is 126 cm³/mol. The lowest BCUT2D eigenvalue weighted by atomic mass is 10.1. The zero-order chi connectivity index (χ0) is 22.6. The quantitative estimate of drug-likeness (QED) is 0.331. The first-order chi connectivity index (χ1) is 14.7. The largest absolute Gasteiger partial charge is 0.403 e. The lowest BCUT2D eigenvalue weighted by molar-refractivity contribution is -0.385. The molecule has 0 amide bonds. The Bertz CT molecular complexity index is 991. The van der Waals surface area contributed by atoms with Gasteiger partial charge in [0.15, 0.2) is 0 Å². The van der Waals surface area contributed by atoms with Crippen LogP contribution in [0.4, 0.5) is 5.69 Å². The summed E-state index contributed by atoms with van der Waals surface area (Å²) in [5.74, 6) is 0. The first kappa shape index (κ1) is 22.9. The van der Waals surface area contributed by atoms with Gasteiger partial charge in [0.1, 0.15) is 0 Å². The van der Waals surface area contributed by atoms with E-state index in [2.05, 4.69) is 45.0 Å². The van der Waals surface area contributed by atoms with Crippen LogP contribution >= 0.6 is 0 Å². The summed E-state index contributed by atoms with van der Waals surface area (Å²) in [6, 6.07) is 25.1. The standard InChI is InChI=1S/C25H29NO4Si/c1-19(27)20-15-16-24(26(28)29)21(17-20)18-30-31(25(2,3)4,22-11-7-5-8-12-22)23-13-9-6-10-14-23/h5-17,19,27H,18H2,1-4H3/t19-/m0/s1. The minimum absolute atomic E-state index is 0.00216. The molecule has 0 unspecified atom stereocenters. The molecule has 0 aliphatic rings. The number of benzene rings is 3. The van der Waals surface area contributed by atoms with Gasteiger partial charge in [-0.25, -0.2) is 0 Å². The highest BCUT2D eigenvalue weighted by atomic mass is 28.4. The van der Waals surface area contributed by atoms with Crippen molar-refractivity contribution in [2.45, 2.75) is 45.4 Å². The van der Waals surface area contributed by atoms with E-state index in [0.717, 1.165) is 10.4 Å². The highest BCUT2D eigenvalue weighted by Gasteiger charge is 2.50. The zero-order valence-electron chi connectivity index (χ0n) is 18.4. The zero-order valence-corrected chi connectivity index (χ0v) is 19.4. The number of nitrogens with zero attached hydrogens (tertiary/aromatic N) is 1. The summed E-state index contributed by atoms with van der Waals surface area (Å²) >= 11 is 0. The van der Waals surface area contributed by atoms with E-state index in [9.17, 15) is 15.2 Å². The Labute approximate surface area is 184 Å². The number of hydrogen-bond donors (Lipinski definition) is 1. The number of aliphatic hydroxyl groups excluding tert-OH is 1. The van der Waals surface area contributed by atoms with Gasteiger partial charge in [0.05, 0.1) is 23.2 Å². The molecule has 0 spiro atoms. The molecule has 0 aliphatic heterocycles. The average Bonchev–Trinajstić information content (AvgIpc) is 2.74. The lowest BCUT2D eigenvalue weighted by Crippen LogP contribution is -2.66.